The molecule has 2 heterocycles. The quantitative estimate of drug-likeness (QED) is 0.466. The normalized spacial score (nSPS) is 11.6. The van der Waals surface area contributed by atoms with E-state index in [9.17, 15) is 18.0 Å². The molecule has 4 rings (SSSR count). The van der Waals surface area contributed by atoms with Crippen LogP contribution < -0.4 is 5.32 Å². The molecule has 9 heteroatoms. The third kappa shape index (κ3) is 4.39. The van der Waals surface area contributed by atoms with Gasteiger partial charge >= 0.3 is 6.18 Å². The number of nitrogens with one attached hydrogen (secondary N) is 1. The molecule has 0 fully saturated rings. The Kier molecular flexibility index (Phi) is 5.80. The first-order valence-corrected chi connectivity index (χ1v) is 10.3. The smallest absolute Gasteiger partial charge is 0.348 e. The zero-order chi connectivity index (χ0) is 23.8. The van der Waals surface area contributed by atoms with Gasteiger partial charge in [0, 0.05) is 17.8 Å². The van der Waals surface area contributed by atoms with Gasteiger partial charge in [-0.2, -0.15) is 23.4 Å². The molecule has 2 aromatic carbocycles. The van der Waals surface area contributed by atoms with E-state index in [1.807, 2.05) is 48.9 Å². The maximum Gasteiger partial charge on any atom is 0.416 e. The Balaban J connectivity index is 1.53. The molecule has 0 radical (unpaired) electrons. The highest BCUT2D eigenvalue weighted by atomic mass is 19.4. The molecule has 1 amide bonds. The van der Waals surface area contributed by atoms with E-state index in [4.69, 9.17) is 0 Å². The van der Waals surface area contributed by atoms with Crippen molar-refractivity contribution in [1.82, 2.24) is 24.9 Å². The van der Waals surface area contributed by atoms with Crippen LogP contribution >= 0.6 is 0 Å². The monoisotopic (exact) mass is 453 g/mol. The van der Waals surface area contributed by atoms with Gasteiger partial charge in [0.25, 0.3) is 5.91 Å². The topological polar surface area (TPSA) is 64.7 Å². The molecule has 0 saturated carbocycles. The summed E-state index contributed by atoms with van der Waals surface area (Å²) in [7, 11) is 0. The Morgan fingerprint density at radius 1 is 0.939 bits per heavy atom. The van der Waals surface area contributed by atoms with Crippen LogP contribution in [0, 0.1) is 20.8 Å². The highest BCUT2D eigenvalue weighted by Gasteiger charge is 2.30. The molecule has 33 heavy (non-hydrogen) atoms. The summed E-state index contributed by atoms with van der Waals surface area (Å²) < 4.78 is 42.3. The predicted molar refractivity (Wildman–Crippen MR) is 118 cm³/mol. The fourth-order valence-electron chi connectivity index (χ4n) is 3.72. The van der Waals surface area contributed by atoms with Crippen LogP contribution in [0.4, 0.5) is 13.2 Å². The van der Waals surface area contributed by atoms with Crippen LogP contribution in [0.15, 0.2) is 60.8 Å². The summed E-state index contributed by atoms with van der Waals surface area (Å²) in [4.78, 5) is 12.8. The minimum Gasteiger partial charge on any atom is -0.348 e. The third-order valence-electron chi connectivity index (χ3n) is 5.54. The summed E-state index contributed by atoms with van der Waals surface area (Å²) in [6, 6.07) is 14.5. The molecule has 0 unspecified atom stereocenters. The second kappa shape index (κ2) is 8.57. The van der Waals surface area contributed by atoms with Crippen molar-refractivity contribution in [1.29, 1.82) is 0 Å². The van der Waals surface area contributed by atoms with Crippen molar-refractivity contribution in [3.05, 3.63) is 94.6 Å². The van der Waals surface area contributed by atoms with E-state index < -0.39 is 11.7 Å². The summed E-state index contributed by atoms with van der Waals surface area (Å²) >= 11 is 0. The lowest BCUT2D eigenvalue weighted by Gasteiger charge is -2.10. The molecule has 2 aromatic heterocycles. The lowest BCUT2D eigenvalue weighted by atomic mass is 10.1. The fraction of sp³-hybridized carbons (Fsp3) is 0.208. The first-order chi connectivity index (χ1) is 15.7. The van der Waals surface area contributed by atoms with E-state index in [-0.39, 0.29) is 23.7 Å². The fourth-order valence-corrected chi connectivity index (χ4v) is 3.72. The molecular weight excluding hydrogens is 431 g/mol. The van der Waals surface area contributed by atoms with Crippen LogP contribution in [-0.4, -0.2) is 25.5 Å². The Bertz CT molecular complexity index is 1310. The number of amides is 1. The van der Waals surface area contributed by atoms with E-state index >= 15 is 0 Å². The lowest BCUT2D eigenvalue weighted by Crippen LogP contribution is -2.24. The Morgan fingerprint density at radius 3 is 2.33 bits per heavy atom. The van der Waals surface area contributed by atoms with Crippen LogP contribution in [0.1, 0.15) is 38.6 Å². The standard InChI is InChI=1S/C24H22F3N5O/c1-15-21(16(2)32(30-15)19-9-5-4-6-10-19)13-28-23(33)22-14-29-31(17(22)3)20-11-7-8-18(12-20)24(25,26)27/h4-12,14H,13H2,1-3H3,(H,28,33). The van der Waals surface area contributed by atoms with E-state index in [1.54, 1.807) is 6.92 Å². The van der Waals surface area contributed by atoms with Gasteiger partial charge in [0.1, 0.15) is 0 Å². The number of para-hydroxylation sites is 1. The molecular formula is C24H22F3N5O. The number of nitrogens with zero attached hydrogens (tertiary/aromatic N) is 4. The zero-order valence-electron chi connectivity index (χ0n) is 18.3. The van der Waals surface area contributed by atoms with Crippen LogP contribution in [0.25, 0.3) is 11.4 Å². The number of aromatic nitrogens is 4. The van der Waals surface area contributed by atoms with Crippen molar-refractivity contribution in [2.75, 3.05) is 0 Å². The van der Waals surface area contributed by atoms with Crippen LogP contribution in [0.2, 0.25) is 0 Å². The van der Waals surface area contributed by atoms with Gasteiger partial charge < -0.3 is 5.32 Å². The average Bonchev–Trinajstić information content (AvgIpc) is 3.31. The number of benzene rings is 2. The van der Waals surface area contributed by atoms with Gasteiger partial charge in [-0.25, -0.2) is 9.36 Å². The number of carbonyl (C=O) groups excluding carboxylic acids is 1. The van der Waals surface area contributed by atoms with Gasteiger partial charge in [0.15, 0.2) is 0 Å². The van der Waals surface area contributed by atoms with Crippen molar-refractivity contribution in [3.63, 3.8) is 0 Å². The summed E-state index contributed by atoms with van der Waals surface area (Å²) in [6.45, 7) is 5.72. The highest BCUT2D eigenvalue weighted by Crippen LogP contribution is 2.30. The number of hydrogen-bond acceptors (Lipinski definition) is 3. The molecule has 0 saturated heterocycles. The molecule has 0 atom stereocenters. The molecule has 0 aliphatic rings. The molecule has 170 valence electrons. The molecule has 4 aromatic rings. The zero-order valence-corrected chi connectivity index (χ0v) is 18.3. The van der Waals surface area contributed by atoms with Gasteiger partial charge in [-0.1, -0.05) is 24.3 Å². The maximum atomic E-state index is 13.1. The maximum absolute atomic E-state index is 13.1. The Morgan fingerprint density at radius 2 is 1.64 bits per heavy atom. The highest BCUT2D eigenvalue weighted by molar-refractivity contribution is 5.95. The van der Waals surface area contributed by atoms with E-state index in [1.165, 1.54) is 23.0 Å². The number of hydrogen-bond donors (Lipinski definition) is 1. The van der Waals surface area contributed by atoms with Gasteiger partial charge in [-0.05, 0) is 51.1 Å². The molecule has 0 spiro atoms. The van der Waals surface area contributed by atoms with Crippen molar-refractivity contribution in [2.24, 2.45) is 0 Å². The van der Waals surface area contributed by atoms with Gasteiger partial charge in [0.05, 0.1) is 40.1 Å². The van der Waals surface area contributed by atoms with Gasteiger partial charge in [-0.15, -0.1) is 0 Å². The van der Waals surface area contributed by atoms with E-state index in [0.29, 0.717) is 5.69 Å². The van der Waals surface area contributed by atoms with E-state index in [0.717, 1.165) is 34.8 Å². The SMILES string of the molecule is Cc1nn(-c2ccccc2)c(C)c1CNC(=O)c1cnn(-c2cccc(C(F)(F)F)c2)c1C. The predicted octanol–water partition coefficient (Wildman–Crippen LogP) is 4.93. The lowest BCUT2D eigenvalue weighted by molar-refractivity contribution is -0.137. The van der Waals surface area contributed by atoms with Crippen molar-refractivity contribution in [3.8, 4) is 11.4 Å². The van der Waals surface area contributed by atoms with Crippen LogP contribution in [0.5, 0.6) is 0 Å². The third-order valence-corrected chi connectivity index (χ3v) is 5.54. The second-order valence-electron chi connectivity index (χ2n) is 7.68. The molecule has 0 aliphatic carbocycles. The van der Waals surface area contributed by atoms with Crippen molar-refractivity contribution in [2.45, 2.75) is 33.5 Å². The average molecular weight is 453 g/mol. The van der Waals surface area contributed by atoms with E-state index in [2.05, 4.69) is 15.5 Å². The number of rotatable bonds is 5. The largest absolute Gasteiger partial charge is 0.416 e. The van der Waals surface area contributed by atoms with Gasteiger partial charge in [-0.3, -0.25) is 4.79 Å². The van der Waals surface area contributed by atoms with Crippen molar-refractivity contribution >= 4 is 5.91 Å². The summed E-state index contributed by atoms with van der Waals surface area (Å²) in [5.74, 6) is -0.364. The summed E-state index contributed by atoms with van der Waals surface area (Å²) in [5, 5.41) is 11.6. The molecule has 0 bridgehead atoms. The van der Waals surface area contributed by atoms with Crippen molar-refractivity contribution < 1.29 is 18.0 Å². The minimum absolute atomic E-state index is 0.234. The Labute approximate surface area is 188 Å². The van der Waals surface area contributed by atoms with Gasteiger partial charge in [0.2, 0.25) is 0 Å². The number of aryl methyl sites for hydroxylation is 1. The number of alkyl halides is 3. The van der Waals surface area contributed by atoms with Crippen LogP contribution in [-0.2, 0) is 12.7 Å². The summed E-state index contributed by atoms with van der Waals surface area (Å²) in [6.07, 6.45) is -3.10. The Hall–Kier alpha value is -3.88. The molecule has 1 N–H and O–H groups in total. The first kappa shape index (κ1) is 22.3. The molecule has 0 aliphatic heterocycles. The second-order valence-corrected chi connectivity index (χ2v) is 7.68. The summed E-state index contributed by atoms with van der Waals surface area (Å²) in [5.41, 5.74) is 3.73. The first-order valence-electron chi connectivity index (χ1n) is 10.3. The minimum atomic E-state index is -4.46. The molecule has 6 nitrogen and oxygen atoms in total. The van der Waals surface area contributed by atoms with Crippen LogP contribution in [0.3, 0.4) is 0 Å². The number of halogens is 3. The number of carbonyl (C=O) groups is 1.